The molecule has 0 aliphatic carbocycles. The van der Waals surface area contributed by atoms with Crippen LogP contribution in [0.3, 0.4) is 0 Å². The Kier molecular flexibility index (Phi) is 5.59. The van der Waals surface area contributed by atoms with Crippen LogP contribution in [0.1, 0.15) is 20.4 Å². The number of carbonyl (C=O) groups is 1. The third-order valence-electron chi connectivity index (χ3n) is 2.39. The molecule has 0 fully saturated rings. The number of thiazole rings is 1. The third kappa shape index (κ3) is 4.05. The fraction of sp³-hybridized carbons (Fsp3) is 0.231. The summed E-state index contributed by atoms with van der Waals surface area (Å²) in [6.07, 6.45) is 0. The van der Waals surface area contributed by atoms with Crippen molar-refractivity contribution in [1.29, 1.82) is 0 Å². The van der Waals surface area contributed by atoms with Crippen molar-refractivity contribution >= 4 is 45.0 Å². The Morgan fingerprint density at radius 3 is 2.75 bits per heavy atom. The fourth-order valence-electron chi connectivity index (χ4n) is 1.54. The molecule has 1 heterocycles. The summed E-state index contributed by atoms with van der Waals surface area (Å²) in [6, 6.07) is 7.97. The highest BCUT2D eigenvalue weighted by Gasteiger charge is 2.17. The lowest BCUT2D eigenvalue weighted by Crippen LogP contribution is -1.99. The van der Waals surface area contributed by atoms with Crippen LogP contribution in [-0.2, 0) is 17.1 Å². The maximum atomic E-state index is 11.1. The first-order chi connectivity index (χ1) is 9.60. The minimum atomic E-state index is -0.950. The molecule has 0 bridgehead atoms. The van der Waals surface area contributed by atoms with E-state index in [4.69, 9.17) is 9.84 Å². The lowest BCUT2D eigenvalue weighted by Gasteiger charge is -1.99. The van der Waals surface area contributed by atoms with Gasteiger partial charge in [0, 0.05) is 16.5 Å². The number of carboxylic acids is 1. The molecular weight excluding hydrogens is 362 g/mol. The molecule has 1 aromatic carbocycles. The quantitative estimate of drug-likeness (QED) is 0.774. The van der Waals surface area contributed by atoms with Crippen molar-refractivity contribution in [1.82, 2.24) is 4.98 Å². The Bertz CT molecular complexity index is 598. The molecule has 0 aliphatic rings. The predicted octanol–water partition coefficient (Wildman–Crippen LogP) is 4.04. The summed E-state index contributed by atoms with van der Waals surface area (Å²) in [7, 11) is 1.53. The smallest absolute Gasteiger partial charge is 0.347 e. The molecule has 1 aromatic heterocycles. The molecule has 0 unspecified atom stereocenters. The zero-order valence-corrected chi connectivity index (χ0v) is 13.8. The van der Waals surface area contributed by atoms with Gasteiger partial charge in [0.05, 0.1) is 18.1 Å². The van der Waals surface area contributed by atoms with Crippen LogP contribution < -0.4 is 0 Å². The van der Waals surface area contributed by atoms with Crippen LogP contribution >= 0.6 is 39.0 Å². The van der Waals surface area contributed by atoms with Gasteiger partial charge in [-0.2, -0.15) is 0 Å². The molecule has 0 atom stereocenters. The third-order valence-corrected chi connectivity index (χ3v) is 5.21. The fourth-order valence-corrected chi connectivity index (χ4v) is 3.60. The molecule has 2 aromatic rings. The topological polar surface area (TPSA) is 59.4 Å². The van der Waals surface area contributed by atoms with Crippen molar-refractivity contribution in [3.63, 3.8) is 0 Å². The first-order valence-electron chi connectivity index (χ1n) is 5.69. The zero-order valence-electron chi connectivity index (χ0n) is 10.6. The minimum Gasteiger partial charge on any atom is -0.477 e. The second kappa shape index (κ2) is 7.21. The second-order valence-corrected chi connectivity index (χ2v) is 6.91. The second-order valence-electron chi connectivity index (χ2n) is 3.86. The van der Waals surface area contributed by atoms with Gasteiger partial charge in [-0.1, -0.05) is 15.9 Å². The van der Waals surface area contributed by atoms with E-state index < -0.39 is 5.97 Å². The van der Waals surface area contributed by atoms with E-state index in [0.717, 1.165) is 14.4 Å². The number of halogens is 1. The zero-order chi connectivity index (χ0) is 14.5. The standard InChI is InChI=1S/C13H12BrNO3S2/c1-18-6-10-12(13(16)17)20-11(15-10)7-19-9-4-2-8(14)3-5-9/h2-5H,6-7H2,1H3,(H,16,17). The van der Waals surface area contributed by atoms with Crippen molar-refractivity contribution in [2.24, 2.45) is 0 Å². The number of benzene rings is 1. The molecule has 0 aliphatic heterocycles. The summed E-state index contributed by atoms with van der Waals surface area (Å²) in [5, 5.41) is 9.92. The molecule has 4 nitrogen and oxygen atoms in total. The molecule has 7 heteroatoms. The van der Waals surface area contributed by atoms with Gasteiger partial charge in [-0.25, -0.2) is 9.78 Å². The highest BCUT2D eigenvalue weighted by Crippen LogP contribution is 2.28. The van der Waals surface area contributed by atoms with Crippen LogP contribution in [0, 0.1) is 0 Å². The molecule has 2 rings (SSSR count). The van der Waals surface area contributed by atoms with Crippen LogP contribution in [0.15, 0.2) is 33.6 Å². The van der Waals surface area contributed by atoms with Crippen LogP contribution in [0.2, 0.25) is 0 Å². The summed E-state index contributed by atoms with van der Waals surface area (Å²) >= 11 is 6.23. The van der Waals surface area contributed by atoms with Gasteiger partial charge < -0.3 is 9.84 Å². The molecular formula is C13H12BrNO3S2. The molecule has 0 spiro atoms. The Labute approximate surface area is 133 Å². The molecule has 0 saturated carbocycles. The molecule has 0 radical (unpaired) electrons. The monoisotopic (exact) mass is 373 g/mol. The first-order valence-corrected chi connectivity index (χ1v) is 8.29. The number of aromatic carboxylic acids is 1. The van der Waals surface area contributed by atoms with E-state index in [1.165, 1.54) is 18.4 Å². The first kappa shape index (κ1) is 15.5. The van der Waals surface area contributed by atoms with Gasteiger partial charge in [0.1, 0.15) is 9.88 Å². The van der Waals surface area contributed by atoms with Gasteiger partial charge >= 0.3 is 5.97 Å². The van der Waals surface area contributed by atoms with E-state index in [2.05, 4.69) is 20.9 Å². The average Bonchev–Trinajstić information content (AvgIpc) is 2.82. The predicted molar refractivity (Wildman–Crippen MR) is 83.5 cm³/mol. The van der Waals surface area contributed by atoms with Crippen molar-refractivity contribution < 1.29 is 14.6 Å². The minimum absolute atomic E-state index is 0.223. The molecule has 0 saturated heterocycles. The number of rotatable bonds is 6. The SMILES string of the molecule is COCc1nc(CSc2ccc(Br)cc2)sc1C(=O)O. The van der Waals surface area contributed by atoms with E-state index >= 15 is 0 Å². The van der Waals surface area contributed by atoms with Crippen molar-refractivity contribution in [2.75, 3.05) is 7.11 Å². The molecule has 106 valence electrons. The van der Waals surface area contributed by atoms with E-state index in [1.807, 2.05) is 24.3 Å². The highest BCUT2D eigenvalue weighted by atomic mass is 79.9. The number of hydrogen-bond donors (Lipinski definition) is 1. The Hall–Kier alpha value is -0.890. The maximum Gasteiger partial charge on any atom is 0.347 e. The summed E-state index contributed by atoms with van der Waals surface area (Å²) in [5.41, 5.74) is 0.497. The number of aromatic nitrogens is 1. The number of thioether (sulfide) groups is 1. The molecule has 20 heavy (non-hydrogen) atoms. The van der Waals surface area contributed by atoms with Crippen LogP contribution in [0.5, 0.6) is 0 Å². The van der Waals surface area contributed by atoms with Gasteiger partial charge in [0.15, 0.2) is 0 Å². The number of ether oxygens (including phenoxy) is 1. The van der Waals surface area contributed by atoms with Crippen LogP contribution in [-0.4, -0.2) is 23.2 Å². The van der Waals surface area contributed by atoms with E-state index in [-0.39, 0.29) is 11.5 Å². The lowest BCUT2D eigenvalue weighted by molar-refractivity contribution is 0.0697. The van der Waals surface area contributed by atoms with Gasteiger partial charge in [-0.15, -0.1) is 23.1 Å². The summed E-state index contributed by atoms with van der Waals surface area (Å²) in [4.78, 5) is 16.8. The largest absolute Gasteiger partial charge is 0.477 e. The summed E-state index contributed by atoms with van der Waals surface area (Å²) in [6.45, 7) is 0.223. The maximum absolute atomic E-state index is 11.1. The van der Waals surface area contributed by atoms with E-state index in [0.29, 0.717) is 11.4 Å². The number of hydrogen-bond acceptors (Lipinski definition) is 5. The summed E-state index contributed by atoms with van der Waals surface area (Å²) in [5.74, 6) is -0.300. The molecule has 0 amide bonds. The number of carboxylic acid groups (broad SMARTS) is 1. The molecule has 1 N–H and O–H groups in total. The van der Waals surface area contributed by atoms with Gasteiger partial charge in [0.25, 0.3) is 0 Å². The van der Waals surface area contributed by atoms with E-state index in [1.54, 1.807) is 11.8 Å². The lowest BCUT2D eigenvalue weighted by atomic mass is 10.4. The van der Waals surface area contributed by atoms with Crippen molar-refractivity contribution in [3.05, 3.63) is 44.3 Å². The van der Waals surface area contributed by atoms with Gasteiger partial charge in [-0.3, -0.25) is 0 Å². The highest BCUT2D eigenvalue weighted by molar-refractivity contribution is 9.10. The normalized spacial score (nSPS) is 10.7. The van der Waals surface area contributed by atoms with Crippen LogP contribution in [0.25, 0.3) is 0 Å². The van der Waals surface area contributed by atoms with Gasteiger partial charge in [-0.05, 0) is 24.3 Å². The number of nitrogens with zero attached hydrogens (tertiary/aromatic N) is 1. The van der Waals surface area contributed by atoms with Crippen molar-refractivity contribution in [2.45, 2.75) is 17.3 Å². The van der Waals surface area contributed by atoms with Crippen molar-refractivity contribution in [3.8, 4) is 0 Å². The summed E-state index contributed by atoms with van der Waals surface area (Å²) < 4.78 is 6.01. The Morgan fingerprint density at radius 2 is 2.15 bits per heavy atom. The van der Waals surface area contributed by atoms with E-state index in [9.17, 15) is 4.79 Å². The van der Waals surface area contributed by atoms with Gasteiger partial charge in [0.2, 0.25) is 0 Å². The Balaban J connectivity index is 2.07. The number of methoxy groups -OCH3 is 1. The Morgan fingerprint density at radius 1 is 1.45 bits per heavy atom. The average molecular weight is 374 g/mol. The van der Waals surface area contributed by atoms with Crippen LogP contribution in [0.4, 0.5) is 0 Å².